The summed E-state index contributed by atoms with van der Waals surface area (Å²) in [6.07, 6.45) is 1.80. The molecule has 2 rings (SSSR count). The number of aryl methyl sites for hydroxylation is 2. The van der Waals surface area contributed by atoms with Gasteiger partial charge in [0.05, 0.1) is 6.04 Å². The van der Waals surface area contributed by atoms with Crippen LogP contribution in [0.15, 0.2) is 35.7 Å². The fraction of sp³-hybridized carbons (Fsp3) is 0.421. The van der Waals surface area contributed by atoms with E-state index < -0.39 is 0 Å². The minimum Gasteiger partial charge on any atom is -0.336 e. The Labute approximate surface area is 148 Å². The van der Waals surface area contributed by atoms with Crippen LogP contribution in [0, 0.1) is 0 Å². The van der Waals surface area contributed by atoms with Gasteiger partial charge >= 0.3 is 6.03 Å². The fourth-order valence-corrected chi connectivity index (χ4v) is 3.69. The van der Waals surface area contributed by atoms with Crippen molar-refractivity contribution in [3.63, 3.8) is 0 Å². The highest BCUT2D eigenvalue weighted by Gasteiger charge is 2.17. The third-order valence-electron chi connectivity index (χ3n) is 4.19. The van der Waals surface area contributed by atoms with Gasteiger partial charge in [-0.1, -0.05) is 38.1 Å². The van der Waals surface area contributed by atoms with E-state index in [-0.39, 0.29) is 12.1 Å². The van der Waals surface area contributed by atoms with Gasteiger partial charge < -0.3 is 15.5 Å². The van der Waals surface area contributed by atoms with Crippen molar-refractivity contribution in [2.45, 2.75) is 32.7 Å². The maximum Gasteiger partial charge on any atom is 0.319 e. The van der Waals surface area contributed by atoms with Crippen LogP contribution < -0.4 is 10.6 Å². The molecular weight excluding hydrogens is 318 g/mol. The molecular formula is C19H27N3OS. The summed E-state index contributed by atoms with van der Waals surface area (Å²) in [6.45, 7) is 4.79. The van der Waals surface area contributed by atoms with Crippen molar-refractivity contribution in [3.8, 4) is 0 Å². The summed E-state index contributed by atoms with van der Waals surface area (Å²) in [5.74, 6) is 0. The number of benzene rings is 1. The van der Waals surface area contributed by atoms with Crippen molar-refractivity contribution in [1.29, 1.82) is 0 Å². The summed E-state index contributed by atoms with van der Waals surface area (Å²) in [4.78, 5) is 15.8. The van der Waals surface area contributed by atoms with E-state index in [1.54, 1.807) is 11.3 Å². The third kappa shape index (κ3) is 4.58. The predicted molar refractivity (Wildman–Crippen MR) is 103 cm³/mol. The highest BCUT2D eigenvalue weighted by atomic mass is 32.1. The van der Waals surface area contributed by atoms with E-state index in [1.807, 2.05) is 20.2 Å². The molecule has 130 valence electrons. The monoisotopic (exact) mass is 345 g/mol. The van der Waals surface area contributed by atoms with E-state index in [9.17, 15) is 4.79 Å². The van der Waals surface area contributed by atoms with Gasteiger partial charge in [-0.25, -0.2) is 4.79 Å². The lowest BCUT2D eigenvalue weighted by Gasteiger charge is -2.24. The summed E-state index contributed by atoms with van der Waals surface area (Å²) in [5, 5.41) is 8.14. The molecule has 1 heterocycles. The normalized spacial score (nSPS) is 12.2. The molecule has 5 heteroatoms. The molecule has 2 aromatic rings. The number of carbonyl (C=O) groups excluding carboxylic acids is 1. The number of likely N-dealkylation sites (N-methyl/N-ethyl adjacent to an activating group) is 1. The number of para-hydroxylation sites is 1. The third-order valence-corrected chi connectivity index (χ3v) is 5.16. The lowest BCUT2D eigenvalue weighted by atomic mass is 10.0. The van der Waals surface area contributed by atoms with Crippen molar-refractivity contribution in [2.24, 2.45) is 0 Å². The molecule has 2 N–H and O–H groups in total. The molecule has 0 aliphatic heterocycles. The molecule has 0 saturated carbocycles. The van der Waals surface area contributed by atoms with Gasteiger partial charge in [-0.05, 0) is 49.5 Å². The van der Waals surface area contributed by atoms with Crippen LogP contribution in [0.25, 0.3) is 0 Å². The molecule has 0 fully saturated rings. The zero-order chi connectivity index (χ0) is 17.5. The maximum absolute atomic E-state index is 12.4. The molecule has 0 unspecified atom stereocenters. The van der Waals surface area contributed by atoms with Crippen molar-refractivity contribution in [1.82, 2.24) is 10.2 Å². The van der Waals surface area contributed by atoms with Gasteiger partial charge in [0, 0.05) is 17.1 Å². The molecule has 2 amide bonds. The first-order chi connectivity index (χ1) is 11.6. The Morgan fingerprint density at radius 3 is 2.29 bits per heavy atom. The Morgan fingerprint density at radius 2 is 1.79 bits per heavy atom. The number of anilines is 1. The second-order valence-corrected chi connectivity index (χ2v) is 6.97. The topological polar surface area (TPSA) is 44.4 Å². The van der Waals surface area contributed by atoms with Crippen LogP contribution in [0.2, 0.25) is 0 Å². The van der Waals surface area contributed by atoms with E-state index >= 15 is 0 Å². The van der Waals surface area contributed by atoms with E-state index in [2.05, 4.69) is 59.0 Å². The number of amides is 2. The molecule has 1 atom stereocenters. The fourth-order valence-electron chi connectivity index (χ4n) is 2.77. The molecule has 0 aliphatic rings. The van der Waals surface area contributed by atoms with Crippen molar-refractivity contribution in [2.75, 3.05) is 26.0 Å². The molecule has 24 heavy (non-hydrogen) atoms. The molecule has 0 bridgehead atoms. The average molecular weight is 346 g/mol. The molecule has 0 aliphatic carbocycles. The van der Waals surface area contributed by atoms with Gasteiger partial charge in [0.2, 0.25) is 0 Å². The van der Waals surface area contributed by atoms with Crippen LogP contribution in [0.3, 0.4) is 0 Å². The number of nitrogens with one attached hydrogen (secondary N) is 2. The zero-order valence-corrected chi connectivity index (χ0v) is 15.7. The number of hydrogen-bond acceptors (Lipinski definition) is 3. The Balaban J connectivity index is 2.03. The van der Waals surface area contributed by atoms with Crippen LogP contribution in [0.5, 0.6) is 0 Å². The lowest BCUT2D eigenvalue weighted by molar-refractivity contribution is 0.244. The van der Waals surface area contributed by atoms with Gasteiger partial charge in [-0.2, -0.15) is 0 Å². The molecule has 0 saturated heterocycles. The molecule has 4 nitrogen and oxygen atoms in total. The Bertz CT molecular complexity index is 630. The summed E-state index contributed by atoms with van der Waals surface area (Å²) < 4.78 is 0. The number of thiophene rings is 1. The standard InChI is InChI=1S/C19H27N3OS/c1-5-14-9-7-10-15(6-2)18(14)21-19(23)20-13-16(22(3)4)17-11-8-12-24-17/h7-12,16H,5-6,13H2,1-4H3,(H2,20,21,23)/t16-/m0/s1. The summed E-state index contributed by atoms with van der Waals surface area (Å²) in [7, 11) is 4.07. The number of hydrogen-bond donors (Lipinski definition) is 2. The highest BCUT2D eigenvalue weighted by molar-refractivity contribution is 7.10. The summed E-state index contributed by atoms with van der Waals surface area (Å²) >= 11 is 1.71. The lowest BCUT2D eigenvalue weighted by Crippen LogP contribution is -2.36. The Kier molecular flexibility index (Phi) is 6.82. The van der Waals surface area contributed by atoms with Crippen molar-refractivity contribution >= 4 is 23.1 Å². The number of carbonyl (C=O) groups is 1. The van der Waals surface area contributed by atoms with E-state index in [0.29, 0.717) is 6.54 Å². The van der Waals surface area contributed by atoms with Gasteiger partial charge in [0.15, 0.2) is 0 Å². The molecule has 1 aromatic heterocycles. The molecule has 1 aromatic carbocycles. The number of rotatable bonds is 7. The highest BCUT2D eigenvalue weighted by Crippen LogP contribution is 2.24. The summed E-state index contributed by atoms with van der Waals surface area (Å²) in [5.41, 5.74) is 3.30. The molecule has 0 spiro atoms. The van der Waals surface area contributed by atoms with E-state index in [0.717, 1.165) is 18.5 Å². The summed E-state index contributed by atoms with van der Waals surface area (Å²) in [6, 6.07) is 10.4. The van der Waals surface area contributed by atoms with E-state index in [1.165, 1.54) is 16.0 Å². The predicted octanol–water partition coefficient (Wildman–Crippen LogP) is 4.30. The van der Waals surface area contributed by atoms with Crippen LogP contribution in [-0.4, -0.2) is 31.6 Å². The minimum atomic E-state index is -0.144. The largest absolute Gasteiger partial charge is 0.336 e. The van der Waals surface area contributed by atoms with Crippen molar-refractivity contribution in [3.05, 3.63) is 51.7 Å². The minimum absolute atomic E-state index is 0.144. The quantitative estimate of drug-likeness (QED) is 0.786. The van der Waals surface area contributed by atoms with Crippen molar-refractivity contribution < 1.29 is 4.79 Å². The first-order valence-electron chi connectivity index (χ1n) is 8.42. The van der Waals surface area contributed by atoms with Gasteiger partial charge in [0.1, 0.15) is 0 Å². The number of nitrogens with zero attached hydrogens (tertiary/aromatic N) is 1. The Morgan fingerprint density at radius 1 is 1.12 bits per heavy atom. The SMILES string of the molecule is CCc1cccc(CC)c1NC(=O)NC[C@@H](c1cccs1)N(C)C. The second kappa shape index (κ2) is 8.85. The van der Waals surface area contributed by atoms with Gasteiger partial charge in [-0.3, -0.25) is 0 Å². The smallest absolute Gasteiger partial charge is 0.319 e. The first-order valence-corrected chi connectivity index (χ1v) is 9.30. The van der Waals surface area contributed by atoms with Gasteiger partial charge in [-0.15, -0.1) is 11.3 Å². The van der Waals surface area contributed by atoms with Crippen LogP contribution in [0.1, 0.15) is 35.9 Å². The van der Waals surface area contributed by atoms with E-state index in [4.69, 9.17) is 0 Å². The average Bonchev–Trinajstić information content (AvgIpc) is 3.09. The van der Waals surface area contributed by atoms with Crippen LogP contribution >= 0.6 is 11.3 Å². The maximum atomic E-state index is 12.4. The second-order valence-electron chi connectivity index (χ2n) is 5.99. The Hall–Kier alpha value is -1.85. The number of urea groups is 1. The molecule has 0 radical (unpaired) electrons. The van der Waals surface area contributed by atoms with Crippen LogP contribution in [-0.2, 0) is 12.8 Å². The first kappa shape index (κ1) is 18.5. The zero-order valence-electron chi connectivity index (χ0n) is 14.9. The van der Waals surface area contributed by atoms with Gasteiger partial charge in [0.25, 0.3) is 0 Å². The van der Waals surface area contributed by atoms with Crippen LogP contribution in [0.4, 0.5) is 10.5 Å².